The summed E-state index contributed by atoms with van der Waals surface area (Å²) in [5.74, 6) is 0.385. The fraction of sp³-hybridized carbons (Fsp3) is 0.219. The predicted octanol–water partition coefficient (Wildman–Crippen LogP) is 5.77. The molecule has 44 heavy (non-hydrogen) atoms. The number of nitrogens with one attached hydrogen (secondary N) is 2. The molecule has 4 rings (SSSR count). The first-order valence-corrected chi connectivity index (χ1v) is 16.6. The summed E-state index contributed by atoms with van der Waals surface area (Å²) in [6.45, 7) is 5.42. The molecule has 0 aliphatic rings. The number of benzene rings is 4. The average molecular weight is 638 g/mol. The fourth-order valence-electron chi connectivity index (χ4n) is 4.32. The molecule has 0 aliphatic heterocycles. The molecule has 0 atom stereocenters. The number of sulfonamides is 2. The second-order valence-electron chi connectivity index (χ2n) is 10.3. The average Bonchev–Trinajstić information content (AvgIpc) is 3.00. The van der Waals surface area contributed by atoms with Crippen LogP contribution in [0.15, 0.2) is 101 Å². The number of carbonyl (C=O) groups excluding carboxylic acids is 1. The van der Waals surface area contributed by atoms with Gasteiger partial charge >= 0.3 is 0 Å². The monoisotopic (exact) mass is 637 g/mol. The Kier molecular flexibility index (Phi) is 9.85. The zero-order valence-corrected chi connectivity index (χ0v) is 26.7. The van der Waals surface area contributed by atoms with Gasteiger partial charge < -0.3 is 14.8 Å². The minimum atomic E-state index is -4.09. The van der Waals surface area contributed by atoms with Crippen LogP contribution in [0.2, 0.25) is 0 Å². The Hall–Kier alpha value is -4.55. The number of ether oxygens (including phenoxy) is 2. The standard InChI is InChI=1S/C32H35N3O7S2/c1-22(2)24-8-12-26(13-9-24)35(44(39,40)29-15-6-23(3)7-16-29)21-32(36)33-25-10-17-28(18-11-25)43(37,38)34-30-20-27(41-4)14-19-31(30)42-5/h6-20,22,34H,21H2,1-5H3,(H,33,36). The van der Waals surface area contributed by atoms with Gasteiger partial charge in [0.2, 0.25) is 5.91 Å². The van der Waals surface area contributed by atoms with Crippen LogP contribution in [0.1, 0.15) is 30.9 Å². The van der Waals surface area contributed by atoms with Crippen molar-refractivity contribution in [1.29, 1.82) is 0 Å². The Labute approximate surface area is 258 Å². The van der Waals surface area contributed by atoms with Crippen LogP contribution >= 0.6 is 0 Å². The molecule has 1 amide bonds. The smallest absolute Gasteiger partial charge is 0.264 e. The van der Waals surface area contributed by atoms with Crippen LogP contribution < -0.4 is 23.8 Å². The summed E-state index contributed by atoms with van der Waals surface area (Å²) in [5, 5.41) is 2.67. The van der Waals surface area contributed by atoms with E-state index < -0.39 is 32.5 Å². The summed E-state index contributed by atoms with van der Waals surface area (Å²) in [6.07, 6.45) is 0. The normalized spacial score (nSPS) is 11.6. The number of hydrogen-bond donors (Lipinski definition) is 2. The molecule has 12 heteroatoms. The lowest BCUT2D eigenvalue weighted by Gasteiger charge is -2.24. The number of nitrogens with zero attached hydrogens (tertiary/aromatic N) is 1. The zero-order chi connectivity index (χ0) is 32.1. The Morgan fingerprint density at radius 3 is 1.98 bits per heavy atom. The lowest BCUT2D eigenvalue weighted by Crippen LogP contribution is -2.38. The molecule has 0 saturated heterocycles. The summed E-state index contributed by atoms with van der Waals surface area (Å²) in [6, 6.07) is 23.7. The number of carbonyl (C=O) groups is 1. The first-order chi connectivity index (χ1) is 20.8. The van der Waals surface area contributed by atoms with E-state index >= 15 is 0 Å². The van der Waals surface area contributed by atoms with Crippen molar-refractivity contribution in [2.24, 2.45) is 0 Å². The molecule has 0 radical (unpaired) electrons. The summed E-state index contributed by atoms with van der Waals surface area (Å²) in [7, 11) is -5.23. The number of rotatable bonds is 12. The maximum atomic E-state index is 13.7. The number of methoxy groups -OCH3 is 2. The van der Waals surface area contributed by atoms with E-state index in [0.29, 0.717) is 17.2 Å². The van der Waals surface area contributed by atoms with Gasteiger partial charge in [0.05, 0.1) is 35.4 Å². The van der Waals surface area contributed by atoms with Crippen LogP contribution in [-0.4, -0.2) is 43.5 Å². The van der Waals surface area contributed by atoms with Crippen LogP contribution in [0, 0.1) is 6.92 Å². The largest absolute Gasteiger partial charge is 0.497 e. The van der Waals surface area contributed by atoms with Crippen LogP contribution in [0.3, 0.4) is 0 Å². The molecule has 4 aromatic carbocycles. The van der Waals surface area contributed by atoms with E-state index in [1.807, 2.05) is 32.9 Å². The molecule has 0 aromatic heterocycles. The first kappa shape index (κ1) is 32.4. The highest BCUT2D eigenvalue weighted by Gasteiger charge is 2.27. The molecule has 4 aromatic rings. The molecule has 232 valence electrons. The summed E-state index contributed by atoms with van der Waals surface area (Å²) >= 11 is 0. The van der Waals surface area contributed by atoms with Gasteiger partial charge in [0.25, 0.3) is 20.0 Å². The molecule has 0 aliphatic carbocycles. The number of anilines is 3. The van der Waals surface area contributed by atoms with Crippen molar-refractivity contribution in [3.05, 3.63) is 102 Å². The fourth-order valence-corrected chi connectivity index (χ4v) is 6.81. The van der Waals surface area contributed by atoms with E-state index in [1.165, 1.54) is 56.7 Å². The highest BCUT2D eigenvalue weighted by atomic mass is 32.2. The molecule has 0 fully saturated rings. The van der Waals surface area contributed by atoms with E-state index in [-0.39, 0.29) is 27.1 Å². The summed E-state index contributed by atoms with van der Waals surface area (Å²) in [5.41, 5.74) is 2.75. The first-order valence-electron chi connectivity index (χ1n) is 13.7. The lowest BCUT2D eigenvalue weighted by atomic mass is 10.0. The third-order valence-electron chi connectivity index (χ3n) is 6.84. The van der Waals surface area contributed by atoms with Gasteiger partial charge in [0.15, 0.2) is 0 Å². The highest BCUT2D eigenvalue weighted by Crippen LogP contribution is 2.31. The van der Waals surface area contributed by atoms with E-state index in [9.17, 15) is 21.6 Å². The number of hydrogen-bond acceptors (Lipinski definition) is 7. The Balaban J connectivity index is 1.55. The SMILES string of the molecule is COc1ccc(OC)c(NS(=O)(=O)c2ccc(NC(=O)CN(c3ccc(C(C)C)cc3)S(=O)(=O)c3ccc(C)cc3)cc2)c1. The molecule has 0 spiro atoms. The zero-order valence-electron chi connectivity index (χ0n) is 25.1. The van der Waals surface area contributed by atoms with E-state index in [1.54, 1.807) is 36.4 Å². The van der Waals surface area contributed by atoms with Gasteiger partial charge in [-0.25, -0.2) is 16.8 Å². The van der Waals surface area contributed by atoms with Gasteiger partial charge in [-0.15, -0.1) is 0 Å². The Morgan fingerprint density at radius 2 is 1.41 bits per heavy atom. The van der Waals surface area contributed by atoms with Crippen LogP contribution in [0.25, 0.3) is 0 Å². The minimum absolute atomic E-state index is 0.0542. The molecule has 0 heterocycles. The third kappa shape index (κ3) is 7.50. The third-order valence-corrected chi connectivity index (χ3v) is 10.0. The van der Waals surface area contributed by atoms with Gasteiger partial charge in [-0.1, -0.05) is 43.7 Å². The van der Waals surface area contributed by atoms with Crippen molar-refractivity contribution < 1.29 is 31.1 Å². The van der Waals surface area contributed by atoms with Gasteiger partial charge in [-0.3, -0.25) is 13.8 Å². The maximum Gasteiger partial charge on any atom is 0.264 e. The maximum absolute atomic E-state index is 13.7. The Bertz CT molecular complexity index is 1820. The summed E-state index contributed by atoms with van der Waals surface area (Å²) < 4.78 is 67.5. The van der Waals surface area contributed by atoms with Gasteiger partial charge in [0, 0.05) is 11.8 Å². The van der Waals surface area contributed by atoms with Gasteiger partial charge in [-0.05, 0) is 79.1 Å². The Morgan fingerprint density at radius 1 is 0.795 bits per heavy atom. The second kappa shape index (κ2) is 13.4. The van der Waals surface area contributed by atoms with Crippen molar-refractivity contribution in [2.45, 2.75) is 36.5 Å². The quantitative estimate of drug-likeness (QED) is 0.202. The second-order valence-corrected chi connectivity index (χ2v) is 13.9. The van der Waals surface area contributed by atoms with Crippen molar-refractivity contribution in [2.75, 3.05) is 35.1 Å². The number of amides is 1. The molecule has 0 unspecified atom stereocenters. The molecule has 2 N–H and O–H groups in total. The number of aryl methyl sites for hydroxylation is 1. The van der Waals surface area contributed by atoms with Crippen molar-refractivity contribution in [3.8, 4) is 11.5 Å². The van der Waals surface area contributed by atoms with Crippen molar-refractivity contribution >= 4 is 43.0 Å². The minimum Gasteiger partial charge on any atom is -0.497 e. The van der Waals surface area contributed by atoms with Gasteiger partial charge in [-0.2, -0.15) is 0 Å². The molecule has 10 nitrogen and oxygen atoms in total. The molecule has 0 bridgehead atoms. The molecular weight excluding hydrogens is 603 g/mol. The predicted molar refractivity (Wildman–Crippen MR) is 172 cm³/mol. The van der Waals surface area contributed by atoms with Crippen LogP contribution in [-0.2, 0) is 24.8 Å². The van der Waals surface area contributed by atoms with E-state index in [2.05, 4.69) is 10.0 Å². The summed E-state index contributed by atoms with van der Waals surface area (Å²) in [4.78, 5) is 13.2. The van der Waals surface area contributed by atoms with Gasteiger partial charge in [0.1, 0.15) is 18.0 Å². The topological polar surface area (TPSA) is 131 Å². The van der Waals surface area contributed by atoms with Crippen molar-refractivity contribution in [1.82, 2.24) is 0 Å². The van der Waals surface area contributed by atoms with E-state index in [4.69, 9.17) is 9.47 Å². The molecule has 0 saturated carbocycles. The van der Waals surface area contributed by atoms with Crippen LogP contribution in [0.5, 0.6) is 11.5 Å². The van der Waals surface area contributed by atoms with E-state index in [0.717, 1.165) is 15.4 Å². The van der Waals surface area contributed by atoms with Crippen LogP contribution in [0.4, 0.5) is 17.1 Å². The highest BCUT2D eigenvalue weighted by molar-refractivity contribution is 7.93. The molecular formula is C32H35N3O7S2. The lowest BCUT2D eigenvalue weighted by molar-refractivity contribution is -0.114. The van der Waals surface area contributed by atoms with Crippen molar-refractivity contribution in [3.63, 3.8) is 0 Å².